The third-order valence-corrected chi connectivity index (χ3v) is 3.54. The van der Waals surface area contributed by atoms with E-state index in [4.69, 9.17) is 4.42 Å². The van der Waals surface area contributed by atoms with Gasteiger partial charge in [-0.15, -0.1) is 0 Å². The van der Waals surface area contributed by atoms with Crippen LogP contribution < -0.4 is 10.0 Å². The summed E-state index contributed by atoms with van der Waals surface area (Å²) in [5.41, 5.74) is 0. The van der Waals surface area contributed by atoms with Gasteiger partial charge in [-0.1, -0.05) is 0 Å². The second-order valence-electron chi connectivity index (χ2n) is 3.65. The van der Waals surface area contributed by atoms with Crippen molar-refractivity contribution in [2.75, 3.05) is 7.05 Å². The summed E-state index contributed by atoms with van der Waals surface area (Å²) < 4.78 is 31.1. The average molecular weight is 230 g/mol. The normalized spacial score (nSPS) is 16.9. The molecule has 1 aromatic rings. The Hall–Kier alpha value is -0.850. The van der Waals surface area contributed by atoms with E-state index in [1.807, 2.05) is 0 Å². The molecule has 6 heteroatoms. The molecule has 2 N–H and O–H groups in total. The van der Waals surface area contributed by atoms with Gasteiger partial charge in [0.2, 0.25) is 5.09 Å². The van der Waals surface area contributed by atoms with E-state index in [0.29, 0.717) is 12.3 Å². The molecule has 1 aromatic heterocycles. The molecule has 0 bridgehead atoms. The van der Waals surface area contributed by atoms with Crippen molar-refractivity contribution in [1.29, 1.82) is 0 Å². The van der Waals surface area contributed by atoms with Crippen molar-refractivity contribution < 1.29 is 12.8 Å². The minimum atomic E-state index is -3.44. The maximum atomic E-state index is 11.7. The van der Waals surface area contributed by atoms with Crippen LogP contribution in [0.3, 0.4) is 0 Å². The Morgan fingerprint density at radius 2 is 2.20 bits per heavy atom. The molecule has 0 aromatic carbocycles. The highest BCUT2D eigenvalue weighted by Gasteiger charge is 2.29. The number of sulfonamides is 1. The van der Waals surface area contributed by atoms with E-state index < -0.39 is 10.0 Å². The highest BCUT2D eigenvalue weighted by molar-refractivity contribution is 7.89. The predicted octanol–water partition coefficient (Wildman–Crippen LogP) is 0.440. The summed E-state index contributed by atoms with van der Waals surface area (Å²) in [6, 6.07) is 3.25. The zero-order chi connectivity index (χ0) is 10.9. The van der Waals surface area contributed by atoms with Crippen LogP contribution in [0.4, 0.5) is 0 Å². The molecule has 0 saturated heterocycles. The Morgan fingerprint density at radius 3 is 2.80 bits per heavy atom. The first-order valence-corrected chi connectivity index (χ1v) is 6.36. The van der Waals surface area contributed by atoms with Gasteiger partial charge in [0.1, 0.15) is 5.76 Å². The molecule has 84 valence electrons. The molecule has 0 atom stereocenters. The summed E-state index contributed by atoms with van der Waals surface area (Å²) in [6.07, 6.45) is 1.84. The average Bonchev–Trinajstić information content (AvgIpc) is 2.82. The van der Waals surface area contributed by atoms with Gasteiger partial charge >= 0.3 is 0 Å². The summed E-state index contributed by atoms with van der Waals surface area (Å²) >= 11 is 0. The number of hydrogen-bond acceptors (Lipinski definition) is 4. The number of hydrogen-bond donors (Lipinski definition) is 2. The largest absolute Gasteiger partial charge is 0.447 e. The van der Waals surface area contributed by atoms with Crippen LogP contribution in [0.5, 0.6) is 0 Å². The Balaban J connectivity index is 2.12. The van der Waals surface area contributed by atoms with E-state index in [9.17, 15) is 8.42 Å². The second kappa shape index (κ2) is 3.96. The van der Waals surface area contributed by atoms with Crippen molar-refractivity contribution in [3.8, 4) is 0 Å². The lowest BCUT2D eigenvalue weighted by atomic mass is 10.4. The van der Waals surface area contributed by atoms with E-state index in [-0.39, 0.29) is 11.1 Å². The molecule has 0 aliphatic heterocycles. The summed E-state index contributed by atoms with van der Waals surface area (Å²) in [4.78, 5) is 0. The Morgan fingerprint density at radius 1 is 1.47 bits per heavy atom. The zero-order valence-electron chi connectivity index (χ0n) is 8.49. The fourth-order valence-electron chi connectivity index (χ4n) is 1.25. The number of nitrogens with one attached hydrogen (secondary N) is 2. The van der Waals surface area contributed by atoms with Crippen LogP contribution in [0, 0.1) is 0 Å². The van der Waals surface area contributed by atoms with Crippen LogP contribution >= 0.6 is 0 Å². The molecule has 0 unspecified atom stereocenters. The lowest BCUT2D eigenvalue weighted by Gasteiger charge is -2.01. The molecule has 0 amide bonds. The standard InChI is InChI=1S/C9H14N2O3S/c1-10-6-8-4-5-9(14-8)15(12,13)11-7-2-3-7/h4-5,7,10-11H,2-3,6H2,1H3. The molecular weight excluding hydrogens is 216 g/mol. The van der Waals surface area contributed by atoms with Crippen molar-refractivity contribution in [3.05, 3.63) is 17.9 Å². The van der Waals surface area contributed by atoms with Gasteiger partial charge in [0.05, 0.1) is 6.54 Å². The first kappa shape index (κ1) is 10.7. The summed E-state index contributed by atoms with van der Waals surface area (Å²) in [7, 11) is -1.66. The van der Waals surface area contributed by atoms with Crippen LogP contribution in [0.2, 0.25) is 0 Å². The van der Waals surface area contributed by atoms with Gasteiger partial charge in [-0.25, -0.2) is 13.1 Å². The number of furan rings is 1. The molecular formula is C9H14N2O3S. The van der Waals surface area contributed by atoms with Crippen molar-refractivity contribution >= 4 is 10.0 Å². The second-order valence-corrected chi connectivity index (χ2v) is 5.29. The fourth-order valence-corrected chi connectivity index (χ4v) is 2.51. The quantitative estimate of drug-likeness (QED) is 0.770. The third kappa shape index (κ3) is 2.58. The van der Waals surface area contributed by atoms with Gasteiger partial charge in [0.25, 0.3) is 10.0 Å². The van der Waals surface area contributed by atoms with Gasteiger partial charge in [-0.2, -0.15) is 0 Å². The minimum absolute atomic E-state index is 0.000324. The lowest BCUT2D eigenvalue weighted by molar-refractivity contribution is 0.404. The fraction of sp³-hybridized carbons (Fsp3) is 0.556. The Kier molecular flexibility index (Phi) is 2.81. The third-order valence-electron chi connectivity index (χ3n) is 2.15. The van der Waals surface area contributed by atoms with Crippen molar-refractivity contribution in [3.63, 3.8) is 0 Å². The van der Waals surface area contributed by atoms with E-state index in [1.54, 1.807) is 13.1 Å². The first-order chi connectivity index (χ1) is 7.12. The highest BCUT2D eigenvalue weighted by atomic mass is 32.2. The molecule has 15 heavy (non-hydrogen) atoms. The minimum Gasteiger partial charge on any atom is -0.447 e. The number of rotatable bonds is 5. The maximum Gasteiger partial charge on any atom is 0.274 e. The van der Waals surface area contributed by atoms with E-state index >= 15 is 0 Å². The van der Waals surface area contributed by atoms with Gasteiger partial charge in [0.15, 0.2) is 0 Å². The summed E-state index contributed by atoms with van der Waals surface area (Å²) in [6.45, 7) is 0.527. The van der Waals surface area contributed by atoms with Gasteiger partial charge < -0.3 is 9.73 Å². The smallest absolute Gasteiger partial charge is 0.274 e. The molecule has 1 aliphatic carbocycles. The van der Waals surface area contributed by atoms with Crippen LogP contribution in [0.15, 0.2) is 21.6 Å². The summed E-state index contributed by atoms with van der Waals surface area (Å²) in [5, 5.41) is 2.89. The molecule has 0 radical (unpaired) electrons. The van der Waals surface area contributed by atoms with E-state index in [1.165, 1.54) is 6.07 Å². The van der Waals surface area contributed by atoms with Crippen molar-refractivity contribution in [2.24, 2.45) is 0 Å². The molecule has 1 aliphatic rings. The SMILES string of the molecule is CNCc1ccc(S(=O)(=O)NC2CC2)o1. The first-order valence-electron chi connectivity index (χ1n) is 4.87. The molecule has 0 spiro atoms. The van der Waals surface area contributed by atoms with E-state index in [2.05, 4.69) is 10.0 Å². The monoisotopic (exact) mass is 230 g/mol. The highest BCUT2D eigenvalue weighted by Crippen LogP contribution is 2.22. The Bertz CT molecular complexity index is 434. The molecule has 1 saturated carbocycles. The molecule has 5 nitrogen and oxygen atoms in total. The van der Waals surface area contributed by atoms with Crippen LogP contribution in [0.25, 0.3) is 0 Å². The Labute approximate surface area is 88.9 Å². The van der Waals surface area contributed by atoms with E-state index in [0.717, 1.165) is 12.8 Å². The predicted molar refractivity (Wildman–Crippen MR) is 54.8 cm³/mol. The zero-order valence-corrected chi connectivity index (χ0v) is 9.30. The molecule has 2 rings (SSSR count). The van der Waals surface area contributed by atoms with Gasteiger partial charge in [0, 0.05) is 6.04 Å². The maximum absolute atomic E-state index is 11.7. The van der Waals surface area contributed by atoms with Gasteiger partial charge in [-0.3, -0.25) is 0 Å². The molecule has 1 fully saturated rings. The van der Waals surface area contributed by atoms with Crippen LogP contribution in [-0.4, -0.2) is 21.5 Å². The van der Waals surface area contributed by atoms with Gasteiger partial charge in [-0.05, 0) is 32.0 Å². The molecule has 1 heterocycles. The van der Waals surface area contributed by atoms with Crippen molar-refractivity contribution in [1.82, 2.24) is 10.0 Å². The topological polar surface area (TPSA) is 71.3 Å². The lowest BCUT2D eigenvalue weighted by Crippen LogP contribution is -2.25. The summed E-state index contributed by atoms with van der Waals surface area (Å²) in [5.74, 6) is 0.619. The van der Waals surface area contributed by atoms with Crippen molar-refractivity contribution in [2.45, 2.75) is 30.5 Å². The van der Waals surface area contributed by atoms with Crippen LogP contribution in [0.1, 0.15) is 18.6 Å². The van der Waals surface area contributed by atoms with Crippen LogP contribution in [-0.2, 0) is 16.6 Å².